The summed E-state index contributed by atoms with van der Waals surface area (Å²) >= 11 is 0. The van der Waals surface area contributed by atoms with Gasteiger partial charge >= 0.3 is 7.60 Å². The van der Waals surface area contributed by atoms with Crippen molar-refractivity contribution in [3.63, 3.8) is 0 Å². The van der Waals surface area contributed by atoms with Gasteiger partial charge < -0.3 is 43.4 Å². The predicted molar refractivity (Wildman–Crippen MR) is 171 cm³/mol. The number of quaternary nitrogens is 1. The van der Waals surface area contributed by atoms with Crippen LogP contribution in [-0.4, -0.2) is 115 Å². The van der Waals surface area contributed by atoms with Crippen LogP contribution in [0.5, 0.6) is 0 Å². The van der Waals surface area contributed by atoms with Crippen molar-refractivity contribution in [1.82, 2.24) is 0 Å². The van der Waals surface area contributed by atoms with Gasteiger partial charge in [-0.25, -0.2) is 0 Å². The molecule has 6 atom stereocenters. The van der Waals surface area contributed by atoms with Gasteiger partial charge in [0, 0.05) is 6.42 Å². The van der Waals surface area contributed by atoms with Gasteiger partial charge in [-0.05, 0) is 39.5 Å². The summed E-state index contributed by atoms with van der Waals surface area (Å²) in [5, 5.41) is 39.5. The second-order valence-electron chi connectivity index (χ2n) is 12.5. The number of unbranched alkanes of at least 4 members (excludes halogenated alkanes) is 12. The molecule has 1 aliphatic heterocycles. The predicted octanol–water partition coefficient (Wildman–Crippen LogP) is 5.39. The van der Waals surface area contributed by atoms with E-state index in [1.54, 1.807) is 0 Å². The maximum Gasteiger partial charge on any atom is 0.330 e. The zero-order chi connectivity index (χ0) is 32.0. The highest BCUT2D eigenvalue weighted by molar-refractivity contribution is 7.53. The molecule has 0 aromatic carbocycles. The Hall–Kier alpha value is -0.130. The number of nitrogens with zero attached hydrogens (tertiary/aromatic N) is 1. The molecule has 1 aliphatic rings. The monoisotopic (exact) mass is 640 g/mol. The SMILES string of the molecule is CCCCCCCCCCCCCC[N+](C)(CCCCOC1O[C@H](CO)[C@@H](O)[C@H](O)[C@H]1O)CCCP(=O)(OCC)OCC. The van der Waals surface area contributed by atoms with Gasteiger partial charge in [-0.2, -0.15) is 0 Å². The highest BCUT2D eigenvalue weighted by Gasteiger charge is 2.44. The number of hydrogen-bond donors (Lipinski definition) is 4. The Morgan fingerprint density at radius 1 is 0.674 bits per heavy atom. The topological polar surface area (TPSA) is 135 Å². The van der Waals surface area contributed by atoms with Gasteiger partial charge in [0.1, 0.15) is 24.4 Å². The molecule has 4 N–H and O–H groups in total. The maximum absolute atomic E-state index is 13.0. The van der Waals surface area contributed by atoms with Crippen molar-refractivity contribution in [2.75, 3.05) is 59.3 Å². The lowest BCUT2D eigenvalue weighted by Crippen LogP contribution is -2.59. The minimum absolute atomic E-state index is 0.325. The van der Waals surface area contributed by atoms with Crippen molar-refractivity contribution in [2.45, 2.75) is 148 Å². The average Bonchev–Trinajstić information content (AvgIpc) is 2.97. The molecule has 1 saturated heterocycles. The summed E-state index contributed by atoms with van der Waals surface area (Å²) in [5.41, 5.74) is 0. The van der Waals surface area contributed by atoms with Crippen LogP contribution in [0.3, 0.4) is 0 Å². The van der Waals surface area contributed by atoms with Crippen LogP contribution < -0.4 is 0 Å². The fourth-order valence-electron chi connectivity index (χ4n) is 5.88. The minimum atomic E-state index is -3.06. The Morgan fingerprint density at radius 2 is 1.16 bits per heavy atom. The molecule has 0 aliphatic carbocycles. The first-order valence-electron chi connectivity index (χ1n) is 17.3. The number of ether oxygens (including phenoxy) is 2. The normalized spacial score (nSPS) is 24.3. The number of hydrogen-bond acceptors (Lipinski definition) is 9. The van der Waals surface area contributed by atoms with Crippen molar-refractivity contribution in [2.24, 2.45) is 0 Å². The maximum atomic E-state index is 13.0. The van der Waals surface area contributed by atoms with Gasteiger partial charge in [-0.15, -0.1) is 0 Å². The lowest BCUT2D eigenvalue weighted by atomic mass is 9.99. The standard InChI is InChI=1S/C32H67NO9P/c1-5-8-9-10-11-12-13-14-15-16-17-18-22-33(4,24-21-26-43(38,40-6-2)41-7-3)23-19-20-25-39-32-31(37)30(36)29(35)28(27-34)42-32/h28-32,34-37H,5-27H2,1-4H3/q+1/t28-,29-,30+,31-,32?,33?/m1/s1. The Labute approximate surface area is 262 Å². The molecular weight excluding hydrogens is 573 g/mol. The first kappa shape index (κ1) is 40.9. The third-order valence-electron chi connectivity index (χ3n) is 8.56. The summed E-state index contributed by atoms with van der Waals surface area (Å²) in [7, 11) is -0.796. The molecule has 0 saturated carbocycles. The molecule has 0 amide bonds. The largest absolute Gasteiger partial charge is 0.394 e. The second kappa shape index (κ2) is 24.1. The van der Waals surface area contributed by atoms with Gasteiger partial charge in [0.25, 0.3) is 0 Å². The quantitative estimate of drug-likeness (QED) is 0.0505. The highest BCUT2D eigenvalue weighted by atomic mass is 31.2. The third-order valence-corrected chi connectivity index (χ3v) is 10.7. The van der Waals surface area contributed by atoms with Crippen LogP contribution in [0.15, 0.2) is 0 Å². The molecule has 258 valence electrons. The zero-order valence-corrected chi connectivity index (χ0v) is 28.8. The molecule has 1 fully saturated rings. The van der Waals surface area contributed by atoms with E-state index in [4.69, 9.17) is 18.5 Å². The molecule has 43 heavy (non-hydrogen) atoms. The molecule has 1 rings (SSSR count). The van der Waals surface area contributed by atoms with Crippen molar-refractivity contribution in [3.8, 4) is 0 Å². The minimum Gasteiger partial charge on any atom is -0.394 e. The Bertz CT molecular complexity index is 706. The number of rotatable bonds is 28. The van der Waals surface area contributed by atoms with E-state index >= 15 is 0 Å². The van der Waals surface area contributed by atoms with Gasteiger partial charge in [0.2, 0.25) is 0 Å². The van der Waals surface area contributed by atoms with E-state index in [2.05, 4.69) is 14.0 Å². The van der Waals surface area contributed by atoms with E-state index in [9.17, 15) is 25.0 Å². The molecule has 10 nitrogen and oxygen atoms in total. The Morgan fingerprint density at radius 3 is 1.67 bits per heavy atom. The summed E-state index contributed by atoms with van der Waals surface area (Å²) in [6.07, 6.45) is 12.4. The summed E-state index contributed by atoms with van der Waals surface area (Å²) in [6, 6.07) is 0. The van der Waals surface area contributed by atoms with Crippen LogP contribution in [-0.2, 0) is 23.1 Å². The first-order chi connectivity index (χ1) is 20.6. The fourth-order valence-corrected chi connectivity index (χ4v) is 7.52. The molecule has 2 unspecified atom stereocenters. The van der Waals surface area contributed by atoms with Crippen LogP contribution in [0.4, 0.5) is 0 Å². The molecule has 11 heteroatoms. The van der Waals surface area contributed by atoms with E-state index in [-0.39, 0.29) is 0 Å². The van der Waals surface area contributed by atoms with Gasteiger partial charge in [0.15, 0.2) is 6.29 Å². The van der Waals surface area contributed by atoms with Crippen molar-refractivity contribution in [3.05, 3.63) is 0 Å². The summed E-state index contributed by atoms with van der Waals surface area (Å²) < 4.78 is 36.0. The van der Waals surface area contributed by atoms with Crippen LogP contribution in [0.2, 0.25) is 0 Å². The van der Waals surface area contributed by atoms with Crippen molar-refractivity contribution in [1.29, 1.82) is 0 Å². The van der Waals surface area contributed by atoms with Gasteiger partial charge in [-0.3, -0.25) is 4.57 Å². The van der Waals surface area contributed by atoms with E-state index in [1.807, 2.05) is 13.8 Å². The average molecular weight is 641 g/mol. The fraction of sp³-hybridized carbons (Fsp3) is 1.00. The van der Waals surface area contributed by atoms with Gasteiger partial charge in [-0.1, -0.05) is 71.1 Å². The lowest BCUT2D eigenvalue weighted by Gasteiger charge is -2.39. The molecule has 0 radical (unpaired) electrons. The first-order valence-corrected chi connectivity index (χ1v) is 19.0. The summed E-state index contributed by atoms with van der Waals surface area (Å²) in [5.74, 6) is 0. The smallest absolute Gasteiger partial charge is 0.330 e. The Kier molecular flexibility index (Phi) is 22.9. The molecule has 0 aromatic rings. The van der Waals surface area contributed by atoms with Crippen LogP contribution in [0.25, 0.3) is 0 Å². The molecule has 1 heterocycles. The van der Waals surface area contributed by atoms with Crippen LogP contribution >= 0.6 is 7.60 Å². The second-order valence-corrected chi connectivity index (χ2v) is 14.7. The molecule has 0 aromatic heterocycles. The number of aliphatic hydroxyl groups is 4. The van der Waals surface area contributed by atoms with Gasteiger partial charge in [0.05, 0.1) is 59.3 Å². The number of aliphatic hydroxyl groups excluding tert-OH is 4. The highest BCUT2D eigenvalue weighted by Crippen LogP contribution is 2.48. The van der Waals surface area contributed by atoms with Crippen molar-refractivity contribution < 1.29 is 48.0 Å². The summed E-state index contributed by atoms with van der Waals surface area (Å²) in [4.78, 5) is 0. The van der Waals surface area contributed by atoms with E-state index in [0.717, 1.165) is 49.8 Å². The molecular formula is C32H67NO9P+. The van der Waals surface area contributed by atoms with E-state index in [1.165, 1.54) is 70.6 Å². The Balaban J connectivity index is 2.48. The van der Waals surface area contributed by atoms with Crippen LogP contribution in [0, 0.1) is 0 Å². The van der Waals surface area contributed by atoms with E-state index in [0.29, 0.717) is 26.0 Å². The summed E-state index contributed by atoms with van der Waals surface area (Å²) in [6.45, 7) is 9.41. The molecule has 0 bridgehead atoms. The van der Waals surface area contributed by atoms with Crippen molar-refractivity contribution >= 4 is 7.60 Å². The van der Waals surface area contributed by atoms with Crippen LogP contribution in [0.1, 0.15) is 117 Å². The third kappa shape index (κ3) is 17.4. The van der Waals surface area contributed by atoms with E-state index < -0.39 is 44.9 Å². The molecule has 0 spiro atoms. The lowest BCUT2D eigenvalue weighted by molar-refractivity contribution is -0.910. The zero-order valence-electron chi connectivity index (χ0n) is 27.9.